The summed E-state index contributed by atoms with van der Waals surface area (Å²) < 4.78 is 0. The van der Waals surface area contributed by atoms with E-state index in [0.717, 1.165) is 64.2 Å². The van der Waals surface area contributed by atoms with Crippen LogP contribution < -0.4 is 16.4 Å². The summed E-state index contributed by atoms with van der Waals surface area (Å²) in [6.07, 6.45) is 15.1. The lowest BCUT2D eigenvalue weighted by Crippen LogP contribution is -2.68. The van der Waals surface area contributed by atoms with E-state index in [1.807, 2.05) is 12.1 Å². The molecule has 8 bridgehead atoms. The number of carboxylic acid groups (broad SMARTS) is 1. The second-order valence-corrected chi connectivity index (χ2v) is 14.8. The summed E-state index contributed by atoms with van der Waals surface area (Å²) in [5.74, 6) is 1.36. The van der Waals surface area contributed by atoms with Crippen molar-refractivity contribution in [2.24, 2.45) is 34.8 Å². The maximum atomic E-state index is 12.5. The lowest BCUT2D eigenvalue weighted by Gasteiger charge is -2.61. The highest BCUT2D eigenvalue weighted by Crippen LogP contribution is 2.62. The molecule has 2 amide bonds. The number of rotatable bonds is 5. The highest BCUT2D eigenvalue weighted by Gasteiger charge is 2.61. The Bertz CT molecular complexity index is 1350. The number of aliphatic carboxylic acids is 1. The summed E-state index contributed by atoms with van der Waals surface area (Å²) in [6, 6.07) is 10.7. The fourth-order valence-corrected chi connectivity index (χ4v) is 10.7. The third-order valence-electron chi connectivity index (χ3n) is 11.2. The smallest absolute Gasteiger partial charge is 0.309 e. The molecule has 2 aromatic heterocycles. The van der Waals surface area contributed by atoms with Gasteiger partial charge in [-0.2, -0.15) is 0 Å². The highest BCUT2D eigenvalue weighted by atomic mass is 16.4. The van der Waals surface area contributed by atoms with Gasteiger partial charge in [0.2, 0.25) is 0 Å². The fourth-order valence-electron chi connectivity index (χ4n) is 10.7. The van der Waals surface area contributed by atoms with E-state index in [-0.39, 0.29) is 28.4 Å². The van der Waals surface area contributed by atoms with Crippen LogP contribution >= 0.6 is 0 Å². The van der Waals surface area contributed by atoms with Crippen LogP contribution in [0.4, 0.5) is 0 Å². The van der Waals surface area contributed by atoms with Gasteiger partial charge >= 0.3 is 5.97 Å². The van der Waals surface area contributed by atoms with Gasteiger partial charge in [0.1, 0.15) is 11.4 Å². The van der Waals surface area contributed by atoms with Gasteiger partial charge in [0, 0.05) is 29.0 Å². The summed E-state index contributed by atoms with van der Waals surface area (Å²) in [5, 5.41) is 16.2. The molecule has 2 aromatic rings. The summed E-state index contributed by atoms with van der Waals surface area (Å²) >= 11 is 0. The zero-order valence-corrected chi connectivity index (χ0v) is 24.1. The first-order valence-corrected chi connectivity index (χ1v) is 15.6. The normalized spacial score (nSPS) is 40.1. The number of nitrogens with two attached hydrogens (primary N) is 1. The van der Waals surface area contributed by atoms with Crippen molar-refractivity contribution in [2.45, 2.75) is 93.7 Å². The van der Waals surface area contributed by atoms with Crippen LogP contribution in [0, 0.1) is 29.1 Å². The monoisotopic (exact) mass is 571 g/mol. The molecule has 4 atom stereocenters. The van der Waals surface area contributed by atoms with Gasteiger partial charge in [0.25, 0.3) is 11.8 Å². The zero-order valence-electron chi connectivity index (χ0n) is 24.1. The molecule has 8 aliphatic carbocycles. The van der Waals surface area contributed by atoms with E-state index >= 15 is 0 Å². The van der Waals surface area contributed by atoms with Gasteiger partial charge in [-0.15, -0.1) is 0 Å². The van der Waals surface area contributed by atoms with Gasteiger partial charge in [0.05, 0.1) is 5.41 Å². The van der Waals surface area contributed by atoms with Crippen LogP contribution in [0.2, 0.25) is 0 Å². The topological polar surface area (TPSA) is 147 Å². The molecule has 42 heavy (non-hydrogen) atoms. The van der Waals surface area contributed by atoms with Crippen LogP contribution in [0.15, 0.2) is 48.8 Å². The van der Waals surface area contributed by atoms with E-state index in [9.17, 15) is 19.5 Å². The number of carbonyl (C=O) groups excluding carboxylic acids is 2. The van der Waals surface area contributed by atoms with E-state index in [4.69, 9.17) is 5.73 Å². The maximum absolute atomic E-state index is 12.5. The molecule has 0 aromatic carbocycles. The minimum absolute atomic E-state index is 0.0402. The molecule has 8 fully saturated rings. The first kappa shape index (κ1) is 27.5. The molecule has 0 aliphatic heterocycles. The third kappa shape index (κ3) is 4.99. The van der Waals surface area contributed by atoms with Crippen LogP contribution in [0.1, 0.15) is 98.0 Å². The second kappa shape index (κ2) is 9.86. The van der Waals surface area contributed by atoms with Crippen molar-refractivity contribution >= 4 is 17.8 Å². The number of aromatic nitrogens is 2. The second-order valence-electron chi connectivity index (χ2n) is 14.8. The average molecular weight is 572 g/mol. The number of carboxylic acids is 1. The van der Waals surface area contributed by atoms with Crippen molar-refractivity contribution in [1.29, 1.82) is 0 Å². The number of pyridine rings is 2. The Morgan fingerprint density at radius 1 is 0.690 bits per heavy atom. The largest absolute Gasteiger partial charge is 0.481 e. The Hall–Kier alpha value is -3.33. The summed E-state index contributed by atoms with van der Waals surface area (Å²) in [6.45, 7) is 0. The molecular weight excluding hydrogens is 530 g/mol. The van der Waals surface area contributed by atoms with Crippen LogP contribution in [0.25, 0.3) is 0 Å². The predicted octanol–water partition coefficient (Wildman–Crippen LogP) is 4.10. The molecule has 9 nitrogen and oxygen atoms in total. The van der Waals surface area contributed by atoms with E-state index in [1.165, 1.54) is 6.42 Å². The molecule has 4 unspecified atom stereocenters. The predicted molar refractivity (Wildman–Crippen MR) is 155 cm³/mol. The quantitative estimate of drug-likeness (QED) is 0.422. The number of hydrogen-bond donors (Lipinski definition) is 4. The highest BCUT2D eigenvalue weighted by molar-refractivity contribution is 5.93. The zero-order chi connectivity index (χ0) is 29.2. The van der Waals surface area contributed by atoms with Gasteiger partial charge in [0.15, 0.2) is 0 Å². The van der Waals surface area contributed by atoms with Crippen molar-refractivity contribution in [3.63, 3.8) is 0 Å². The van der Waals surface area contributed by atoms with Crippen molar-refractivity contribution in [2.75, 3.05) is 0 Å². The third-order valence-corrected chi connectivity index (χ3v) is 11.2. The Labute approximate surface area is 246 Å². The lowest BCUT2D eigenvalue weighted by molar-refractivity contribution is -0.167. The van der Waals surface area contributed by atoms with Crippen molar-refractivity contribution in [3.05, 3.63) is 60.2 Å². The Morgan fingerprint density at radius 3 is 1.55 bits per heavy atom. The first-order chi connectivity index (χ1) is 20.1. The van der Waals surface area contributed by atoms with E-state index in [2.05, 4.69) is 20.6 Å². The standard InChI is InChI=1S/C17H20N2O3.C16H21N3O/c20-14(13-3-1-2-4-18-13)19-17-8-11-5-12(9-17)7-16(6-11,10-17)15(21)22;17-15-6-11-5-12(7-15)9-16(8-11,10-15)19-14(20)13-3-1-2-4-18-13/h1-4,11-12H,5-10H2,(H,19,20)(H,21,22);1-4,11-12H,5-10,17H2,(H,19,20). The molecule has 0 radical (unpaired) electrons. The Kier molecular flexibility index (Phi) is 6.46. The molecule has 0 spiro atoms. The van der Waals surface area contributed by atoms with Crippen molar-refractivity contribution in [1.82, 2.24) is 20.6 Å². The summed E-state index contributed by atoms with van der Waals surface area (Å²) in [4.78, 5) is 45.0. The van der Waals surface area contributed by atoms with Gasteiger partial charge in [-0.1, -0.05) is 12.1 Å². The number of hydrogen-bond acceptors (Lipinski definition) is 6. The molecular formula is C33H41N5O4. The van der Waals surface area contributed by atoms with Crippen LogP contribution in [-0.4, -0.2) is 49.5 Å². The maximum Gasteiger partial charge on any atom is 0.309 e. The molecule has 8 saturated carbocycles. The molecule has 0 saturated heterocycles. The van der Waals surface area contributed by atoms with E-state index in [0.29, 0.717) is 41.5 Å². The summed E-state index contributed by atoms with van der Waals surface area (Å²) in [5.41, 5.74) is 6.38. The van der Waals surface area contributed by atoms with Gasteiger partial charge in [-0.3, -0.25) is 24.4 Å². The number of amides is 2. The van der Waals surface area contributed by atoms with E-state index in [1.54, 1.807) is 36.7 Å². The molecule has 5 N–H and O–H groups in total. The lowest BCUT2D eigenvalue weighted by atomic mass is 9.47. The number of nitrogens with zero attached hydrogens (tertiary/aromatic N) is 2. The minimum Gasteiger partial charge on any atom is -0.481 e. The minimum atomic E-state index is -0.682. The first-order valence-electron chi connectivity index (χ1n) is 15.6. The van der Waals surface area contributed by atoms with Gasteiger partial charge in [-0.05, 0) is 125 Å². The van der Waals surface area contributed by atoms with Crippen molar-refractivity contribution in [3.8, 4) is 0 Å². The van der Waals surface area contributed by atoms with Crippen LogP contribution in [0.3, 0.4) is 0 Å². The summed E-state index contributed by atoms with van der Waals surface area (Å²) in [7, 11) is 0. The SMILES string of the molecule is NC12CC3CC(C1)CC(NC(=O)c1ccccn1)(C3)C2.O=C(NC12CC3CC(C1)CC(C(=O)O)(C3)C2)c1ccccn1. The van der Waals surface area contributed by atoms with Crippen LogP contribution in [0.5, 0.6) is 0 Å². The van der Waals surface area contributed by atoms with Crippen molar-refractivity contribution < 1.29 is 19.5 Å². The Morgan fingerprint density at radius 2 is 1.14 bits per heavy atom. The molecule has 10 rings (SSSR count). The molecule has 222 valence electrons. The van der Waals surface area contributed by atoms with Crippen LogP contribution in [-0.2, 0) is 4.79 Å². The fraction of sp³-hybridized carbons (Fsp3) is 0.606. The van der Waals surface area contributed by atoms with E-state index < -0.39 is 11.4 Å². The molecule has 2 heterocycles. The Balaban J connectivity index is 0.000000138. The molecule has 8 aliphatic rings. The number of nitrogens with one attached hydrogen (secondary N) is 2. The number of carbonyl (C=O) groups is 3. The average Bonchev–Trinajstić information content (AvgIpc) is 2.92. The molecule has 9 heteroatoms. The van der Waals surface area contributed by atoms with Gasteiger partial charge in [-0.25, -0.2) is 0 Å². The van der Waals surface area contributed by atoms with Gasteiger partial charge < -0.3 is 21.5 Å².